The Labute approximate surface area is 261 Å². The summed E-state index contributed by atoms with van der Waals surface area (Å²) in [7, 11) is -3.93. The summed E-state index contributed by atoms with van der Waals surface area (Å²) in [5.74, 6) is 0.980. The van der Waals surface area contributed by atoms with Crippen LogP contribution >= 0.6 is 0 Å². The van der Waals surface area contributed by atoms with E-state index in [0.717, 1.165) is 24.8 Å². The topological polar surface area (TPSA) is 55.8 Å². The van der Waals surface area contributed by atoms with E-state index in [9.17, 15) is 9.90 Å². The molecule has 240 valence electrons. The van der Waals surface area contributed by atoms with E-state index in [1.165, 1.54) is 37.7 Å². The maximum Gasteiger partial charge on any atom is 0.303 e. The second kappa shape index (κ2) is 12.8. The van der Waals surface area contributed by atoms with Crippen molar-refractivity contribution >= 4 is 22.6 Å². The number of carboxylic acid groups (broad SMARTS) is 1. The van der Waals surface area contributed by atoms with Gasteiger partial charge in [0, 0.05) is 12.8 Å². The minimum Gasteiger partial charge on any atom is -0.481 e. The van der Waals surface area contributed by atoms with Crippen LogP contribution in [0.5, 0.6) is 0 Å². The van der Waals surface area contributed by atoms with Crippen molar-refractivity contribution in [2.45, 2.75) is 162 Å². The first-order valence-corrected chi connectivity index (χ1v) is 22.6. The second-order valence-corrected chi connectivity index (χ2v) is 26.8. The third-order valence-electron chi connectivity index (χ3n) is 12.3. The van der Waals surface area contributed by atoms with Crippen molar-refractivity contribution in [3.05, 3.63) is 35.5 Å². The molecule has 0 spiro atoms. The Hall–Kier alpha value is -0.956. The van der Waals surface area contributed by atoms with Crippen LogP contribution in [0.2, 0.25) is 36.3 Å². The van der Waals surface area contributed by atoms with Gasteiger partial charge in [0.1, 0.15) is 0 Å². The summed E-state index contributed by atoms with van der Waals surface area (Å²) >= 11 is 0. The molecule has 4 nitrogen and oxygen atoms in total. The number of aliphatic carboxylic acids is 1. The zero-order chi connectivity index (χ0) is 31.9. The summed E-state index contributed by atoms with van der Waals surface area (Å²) < 4.78 is 14.1. The normalized spacial score (nSPS) is 32.3. The first kappa shape index (κ1) is 35.5. The minimum atomic E-state index is -1.99. The number of fused-ring (bicyclic) bond motifs is 1. The SMILES string of the molecule is C=C1C(=CC=C2CCC[C@]3(C)[C@@H]([C@H](C)CCC(=O)O)CC[C@@H]23)C[C@@H](O[Si](C)(C)C(C)(C)C)C[C@@H]1O[Si](C)(C)C(C)(C)C. The molecule has 0 saturated heterocycles. The van der Waals surface area contributed by atoms with Crippen molar-refractivity contribution in [3.63, 3.8) is 0 Å². The molecule has 1 N–H and O–H groups in total. The monoisotopic (exact) mass is 616 g/mol. The van der Waals surface area contributed by atoms with E-state index in [-0.39, 0.29) is 34.1 Å². The van der Waals surface area contributed by atoms with E-state index >= 15 is 0 Å². The van der Waals surface area contributed by atoms with Crippen molar-refractivity contribution in [2.75, 3.05) is 0 Å². The van der Waals surface area contributed by atoms with Crippen LogP contribution in [-0.2, 0) is 13.6 Å². The van der Waals surface area contributed by atoms with E-state index < -0.39 is 22.6 Å². The third kappa shape index (κ3) is 7.81. The summed E-state index contributed by atoms with van der Waals surface area (Å²) in [5, 5.41) is 9.57. The smallest absolute Gasteiger partial charge is 0.303 e. The Bertz CT molecular complexity index is 1060. The lowest BCUT2D eigenvalue weighted by Gasteiger charge is -2.46. The third-order valence-corrected chi connectivity index (χ3v) is 21.3. The first-order chi connectivity index (χ1) is 19.1. The standard InChI is InChI=1S/C36H64O4Si2/c1-25(16-21-33(37)38)30-19-20-31-27(15-14-22-36(30,31)9)17-18-28-23-29(39-41(10,11)34(3,4)5)24-32(26(28)2)40-42(12,13)35(6,7)8/h17-18,25,29-32H,2,14-16,19-24H2,1,3-13H3,(H,37,38)/t25-,29-,30-,31+,32+,36-/m1/s1. The predicted octanol–water partition coefficient (Wildman–Crippen LogP) is 10.7. The average molecular weight is 617 g/mol. The molecule has 0 aromatic heterocycles. The van der Waals surface area contributed by atoms with E-state index in [0.29, 0.717) is 17.8 Å². The van der Waals surface area contributed by atoms with Crippen molar-refractivity contribution in [1.29, 1.82) is 0 Å². The van der Waals surface area contributed by atoms with Crippen LogP contribution in [0.25, 0.3) is 0 Å². The highest BCUT2D eigenvalue weighted by Gasteiger charge is 2.51. The van der Waals surface area contributed by atoms with Crippen LogP contribution < -0.4 is 0 Å². The number of carboxylic acids is 1. The molecule has 42 heavy (non-hydrogen) atoms. The van der Waals surface area contributed by atoms with Crippen molar-refractivity contribution < 1.29 is 18.8 Å². The largest absolute Gasteiger partial charge is 0.481 e. The van der Waals surface area contributed by atoms with Gasteiger partial charge in [-0.15, -0.1) is 0 Å². The van der Waals surface area contributed by atoms with Gasteiger partial charge >= 0.3 is 5.97 Å². The quantitative estimate of drug-likeness (QED) is 0.262. The Morgan fingerprint density at radius 2 is 1.64 bits per heavy atom. The molecule has 3 aliphatic carbocycles. The maximum absolute atomic E-state index is 11.3. The predicted molar refractivity (Wildman–Crippen MR) is 183 cm³/mol. The summed E-state index contributed by atoms with van der Waals surface area (Å²) in [6, 6.07) is 0. The molecule has 0 aromatic rings. The molecule has 0 unspecified atom stereocenters. The van der Waals surface area contributed by atoms with E-state index in [4.69, 9.17) is 8.85 Å². The molecule has 6 heteroatoms. The Balaban J connectivity index is 1.90. The number of hydrogen-bond donors (Lipinski definition) is 1. The van der Waals surface area contributed by atoms with Gasteiger partial charge in [-0.05, 0) is 116 Å². The molecule has 0 bridgehead atoms. The minimum absolute atomic E-state index is 0.00151. The molecule has 0 radical (unpaired) electrons. The molecule has 0 heterocycles. The first-order valence-electron chi connectivity index (χ1n) is 16.8. The summed E-state index contributed by atoms with van der Waals surface area (Å²) in [6.07, 6.45) is 13.9. The molecular formula is C36H64O4Si2. The lowest BCUT2D eigenvalue weighted by atomic mass is 9.60. The van der Waals surface area contributed by atoms with Gasteiger partial charge in [0.05, 0.1) is 12.2 Å². The second-order valence-electron chi connectivity index (χ2n) is 17.3. The molecule has 0 amide bonds. The number of carbonyl (C=O) groups is 1. The highest BCUT2D eigenvalue weighted by Crippen LogP contribution is 2.60. The molecule has 6 atom stereocenters. The van der Waals surface area contributed by atoms with E-state index in [2.05, 4.69) is 100 Å². The van der Waals surface area contributed by atoms with Crippen molar-refractivity contribution in [3.8, 4) is 0 Å². The summed E-state index contributed by atoms with van der Waals surface area (Å²) in [5.41, 5.74) is 4.31. The van der Waals surface area contributed by atoms with Crippen LogP contribution in [0.15, 0.2) is 35.5 Å². The summed E-state index contributed by atoms with van der Waals surface area (Å²) in [6.45, 7) is 32.8. The molecule has 3 fully saturated rings. The maximum atomic E-state index is 11.3. The highest BCUT2D eigenvalue weighted by atomic mass is 28.4. The van der Waals surface area contributed by atoms with Crippen LogP contribution in [0.1, 0.15) is 113 Å². The Morgan fingerprint density at radius 1 is 1.05 bits per heavy atom. The lowest BCUT2D eigenvalue weighted by Crippen LogP contribution is -2.49. The molecule has 3 aliphatic rings. The van der Waals surface area contributed by atoms with Gasteiger partial charge in [0.15, 0.2) is 16.6 Å². The van der Waals surface area contributed by atoms with Gasteiger partial charge < -0.3 is 14.0 Å². The fourth-order valence-electron chi connectivity index (χ4n) is 7.53. The number of rotatable bonds is 9. The van der Waals surface area contributed by atoms with E-state index in [1.807, 2.05) is 0 Å². The fraction of sp³-hybridized carbons (Fsp3) is 0.806. The van der Waals surface area contributed by atoms with Gasteiger partial charge in [-0.2, -0.15) is 0 Å². The molecule has 0 aliphatic heterocycles. The van der Waals surface area contributed by atoms with Gasteiger partial charge in [0.25, 0.3) is 0 Å². The van der Waals surface area contributed by atoms with Crippen LogP contribution in [0.4, 0.5) is 0 Å². The molecule has 0 aromatic carbocycles. The van der Waals surface area contributed by atoms with Crippen LogP contribution in [0.3, 0.4) is 0 Å². The number of allylic oxidation sites excluding steroid dienone is 3. The molecular weight excluding hydrogens is 553 g/mol. The molecule has 3 saturated carbocycles. The van der Waals surface area contributed by atoms with E-state index in [1.54, 1.807) is 5.57 Å². The average Bonchev–Trinajstić information content (AvgIpc) is 3.19. The van der Waals surface area contributed by atoms with Crippen LogP contribution in [0, 0.1) is 23.2 Å². The van der Waals surface area contributed by atoms with Crippen LogP contribution in [-0.4, -0.2) is 39.9 Å². The molecule has 3 rings (SSSR count). The van der Waals surface area contributed by atoms with Crippen molar-refractivity contribution in [1.82, 2.24) is 0 Å². The highest BCUT2D eigenvalue weighted by molar-refractivity contribution is 6.74. The number of hydrogen-bond acceptors (Lipinski definition) is 3. The van der Waals surface area contributed by atoms with Gasteiger partial charge in [-0.25, -0.2) is 0 Å². The zero-order valence-corrected chi connectivity index (χ0v) is 31.3. The summed E-state index contributed by atoms with van der Waals surface area (Å²) in [4.78, 5) is 11.3. The van der Waals surface area contributed by atoms with Crippen molar-refractivity contribution in [2.24, 2.45) is 23.2 Å². The van der Waals surface area contributed by atoms with Gasteiger partial charge in [-0.3, -0.25) is 4.79 Å². The zero-order valence-electron chi connectivity index (χ0n) is 29.3. The van der Waals surface area contributed by atoms with Gasteiger partial charge in [-0.1, -0.05) is 79.7 Å². The fourth-order valence-corrected chi connectivity index (χ4v) is 10.2. The Morgan fingerprint density at radius 3 is 2.21 bits per heavy atom. The Kier molecular flexibility index (Phi) is 10.8. The lowest BCUT2D eigenvalue weighted by molar-refractivity contribution is -0.137. The van der Waals surface area contributed by atoms with Gasteiger partial charge in [0.2, 0.25) is 0 Å².